The second kappa shape index (κ2) is 6.96. The first kappa shape index (κ1) is 16.4. The maximum Gasteiger partial charge on any atom is 0.229 e. The number of rotatable bonds is 5. The van der Waals surface area contributed by atoms with E-state index in [-0.39, 0.29) is 24.0 Å². The molecule has 1 aromatic carbocycles. The standard InChI is InChI=1S/C16H18N4O3S/c1-2-13-18-19-16(24-13)20-9-11(7-14(20)22)15(23)17-8-10-4-3-5-12(21)6-10/h3-6,11,21H,2,7-9H2,1H3,(H,17,23). The highest BCUT2D eigenvalue weighted by Crippen LogP contribution is 2.28. The average molecular weight is 346 g/mol. The van der Waals surface area contributed by atoms with Gasteiger partial charge in [-0.1, -0.05) is 30.4 Å². The van der Waals surface area contributed by atoms with Crippen molar-refractivity contribution in [2.75, 3.05) is 11.4 Å². The molecule has 2 heterocycles. The highest BCUT2D eigenvalue weighted by molar-refractivity contribution is 7.15. The van der Waals surface area contributed by atoms with Gasteiger partial charge in [0.05, 0.1) is 5.92 Å². The van der Waals surface area contributed by atoms with Gasteiger partial charge in [0.25, 0.3) is 0 Å². The highest BCUT2D eigenvalue weighted by Gasteiger charge is 2.36. The molecule has 0 aliphatic carbocycles. The van der Waals surface area contributed by atoms with E-state index < -0.39 is 5.92 Å². The van der Waals surface area contributed by atoms with Gasteiger partial charge in [-0.25, -0.2) is 0 Å². The molecule has 126 valence electrons. The first-order valence-corrected chi connectivity index (χ1v) is 8.57. The molecule has 0 spiro atoms. The molecule has 1 aliphatic heterocycles. The van der Waals surface area contributed by atoms with Crippen molar-refractivity contribution in [1.82, 2.24) is 15.5 Å². The second-order valence-electron chi connectivity index (χ2n) is 5.63. The summed E-state index contributed by atoms with van der Waals surface area (Å²) in [5.41, 5.74) is 0.807. The van der Waals surface area contributed by atoms with Crippen molar-refractivity contribution >= 4 is 28.3 Å². The van der Waals surface area contributed by atoms with E-state index in [9.17, 15) is 14.7 Å². The Bertz CT molecular complexity index is 761. The van der Waals surface area contributed by atoms with Crippen LogP contribution < -0.4 is 10.2 Å². The number of benzene rings is 1. The summed E-state index contributed by atoms with van der Waals surface area (Å²) in [7, 11) is 0. The number of aryl methyl sites for hydroxylation is 1. The van der Waals surface area contributed by atoms with E-state index in [1.807, 2.05) is 13.0 Å². The molecule has 7 nitrogen and oxygen atoms in total. The van der Waals surface area contributed by atoms with E-state index in [1.54, 1.807) is 18.2 Å². The highest BCUT2D eigenvalue weighted by atomic mass is 32.1. The fourth-order valence-corrected chi connectivity index (χ4v) is 3.37. The number of aromatic hydroxyl groups is 1. The molecule has 2 aromatic rings. The molecule has 1 unspecified atom stereocenters. The Balaban J connectivity index is 1.59. The van der Waals surface area contributed by atoms with Crippen molar-refractivity contribution in [2.24, 2.45) is 5.92 Å². The molecular weight excluding hydrogens is 328 g/mol. The molecule has 1 aliphatic rings. The predicted molar refractivity (Wildman–Crippen MR) is 89.7 cm³/mol. The number of anilines is 1. The van der Waals surface area contributed by atoms with Gasteiger partial charge in [0.1, 0.15) is 10.8 Å². The maximum atomic E-state index is 12.3. The molecular formula is C16H18N4O3S. The molecule has 0 bridgehead atoms. The van der Waals surface area contributed by atoms with E-state index >= 15 is 0 Å². The van der Waals surface area contributed by atoms with E-state index in [0.717, 1.165) is 17.0 Å². The zero-order valence-electron chi connectivity index (χ0n) is 13.2. The molecule has 1 saturated heterocycles. The van der Waals surface area contributed by atoms with E-state index in [1.165, 1.54) is 16.2 Å². The number of phenolic OH excluding ortho intramolecular Hbond substituents is 1. The summed E-state index contributed by atoms with van der Waals surface area (Å²) in [6, 6.07) is 6.71. The average Bonchev–Trinajstić information content (AvgIpc) is 3.19. The van der Waals surface area contributed by atoms with Crippen LogP contribution in [0.25, 0.3) is 0 Å². The number of carbonyl (C=O) groups excluding carboxylic acids is 2. The minimum atomic E-state index is -0.399. The first-order valence-electron chi connectivity index (χ1n) is 7.75. The molecule has 24 heavy (non-hydrogen) atoms. The maximum absolute atomic E-state index is 12.3. The summed E-state index contributed by atoms with van der Waals surface area (Å²) >= 11 is 1.38. The Hall–Kier alpha value is -2.48. The van der Waals surface area contributed by atoms with Crippen LogP contribution in [0, 0.1) is 5.92 Å². The number of phenols is 1. The third kappa shape index (κ3) is 3.53. The first-order chi connectivity index (χ1) is 11.6. The van der Waals surface area contributed by atoms with Crippen LogP contribution in [0.3, 0.4) is 0 Å². The van der Waals surface area contributed by atoms with E-state index in [0.29, 0.717) is 18.2 Å². The second-order valence-corrected chi connectivity index (χ2v) is 6.67. The van der Waals surface area contributed by atoms with E-state index in [2.05, 4.69) is 15.5 Å². The number of hydrogen-bond acceptors (Lipinski definition) is 6. The number of aromatic nitrogens is 2. The monoisotopic (exact) mass is 346 g/mol. The zero-order chi connectivity index (χ0) is 17.1. The van der Waals surface area contributed by atoms with Gasteiger partial charge in [0.2, 0.25) is 16.9 Å². The Labute approximate surface area is 143 Å². The molecule has 2 amide bonds. The molecule has 0 saturated carbocycles. The third-order valence-corrected chi connectivity index (χ3v) is 4.95. The van der Waals surface area contributed by atoms with Gasteiger partial charge < -0.3 is 10.4 Å². The minimum absolute atomic E-state index is 0.105. The van der Waals surface area contributed by atoms with Gasteiger partial charge in [-0.15, -0.1) is 10.2 Å². The Morgan fingerprint density at radius 2 is 2.29 bits per heavy atom. The fourth-order valence-electron chi connectivity index (χ4n) is 2.56. The summed E-state index contributed by atoms with van der Waals surface area (Å²) in [4.78, 5) is 26.0. The van der Waals surface area contributed by atoms with Gasteiger partial charge >= 0.3 is 0 Å². The zero-order valence-corrected chi connectivity index (χ0v) is 14.0. The number of hydrogen-bond donors (Lipinski definition) is 2. The van der Waals surface area contributed by atoms with Crippen molar-refractivity contribution in [2.45, 2.75) is 26.3 Å². The molecule has 1 fully saturated rings. The van der Waals surface area contributed by atoms with Gasteiger partial charge in [-0.05, 0) is 24.1 Å². The van der Waals surface area contributed by atoms with Crippen LogP contribution >= 0.6 is 11.3 Å². The van der Waals surface area contributed by atoms with Crippen LogP contribution in [0.2, 0.25) is 0 Å². The van der Waals surface area contributed by atoms with Crippen LogP contribution in [-0.2, 0) is 22.6 Å². The summed E-state index contributed by atoms with van der Waals surface area (Å²) in [6.45, 7) is 2.62. The SMILES string of the molecule is CCc1nnc(N2CC(C(=O)NCc3cccc(O)c3)CC2=O)s1. The lowest BCUT2D eigenvalue weighted by molar-refractivity contribution is -0.126. The Morgan fingerprint density at radius 3 is 3.00 bits per heavy atom. The van der Waals surface area contributed by atoms with Crippen LogP contribution in [0.1, 0.15) is 23.9 Å². The van der Waals surface area contributed by atoms with Gasteiger partial charge in [-0.2, -0.15) is 0 Å². The van der Waals surface area contributed by atoms with E-state index in [4.69, 9.17) is 0 Å². The van der Waals surface area contributed by atoms with Crippen LogP contribution in [-0.4, -0.2) is 33.7 Å². The largest absolute Gasteiger partial charge is 0.508 e. The third-order valence-electron chi connectivity index (χ3n) is 3.86. The van der Waals surface area contributed by atoms with Crippen LogP contribution in [0.4, 0.5) is 5.13 Å². The predicted octanol–water partition coefficient (Wildman–Crippen LogP) is 1.48. The number of nitrogens with zero attached hydrogens (tertiary/aromatic N) is 3. The molecule has 8 heteroatoms. The topological polar surface area (TPSA) is 95.4 Å². The lowest BCUT2D eigenvalue weighted by atomic mass is 10.1. The summed E-state index contributed by atoms with van der Waals surface area (Å²) in [6.07, 6.45) is 0.945. The lowest BCUT2D eigenvalue weighted by Crippen LogP contribution is -2.32. The normalized spacial score (nSPS) is 17.3. The van der Waals surface area contributed by atoms with Gasteiger partial charge in [0, 0.05) is 19.5 Å². The number of nitrogens with one attached hydrogen (secondary N) is 1. The van der Waals surface area contributed by atoms with Crippen molar-refractivity contribution in [3.05, 3.63) is 34.8 Å². The number of amides is 2. The molecule has 1 aromatic heterocycles. The van der Waals surface area contributed by atoms with Crippen molar-refractivity contribution in [3.8, 4) is 5.75 Å². The quantitative estimate of drug-likeness (QED) is 0.855. The van der Waals surface area contributed by atoms with Crippen LogP contribution in [0.5, 0.6) is 5.75 Å². The Morgan fingerprint density at radius 1 is 1.46 bits per heavy atom. The van der Waals surface area contributed by atoms with Crippen LogP contribution in [0.15, 0.2) is 24.3 Å². The molecule has 0 radical (unpaired) electrons. The molecule has 1 atom stereocenters. The fraction of sp³-hybridized carbons (Fsp3) is 0.375. The van der Waals surface area contributed by atoms with Gasteiger partial charge in [0.15, 0.2) is 0 Å². The summed E-state index contributed by atoms with van der Waals surface area (Å²) in [5, 5.41) is 21.7. The van der Waals surface area contributed by atoms with Gasteiger partial charge in [-0.3, -0.25) is 14.5 Å². The number of carbonyl (C=O) groups is 2. The van der Waals surface area contributed by atoms with Crippen molar-refractivity contribution in [3.63, 3.8) is 0 Å². The molecule has 3 rings (SSSR count). The van der Waals surface area contributed by atoms with Crippen molar-refractivity contribution < 1.29 is 14.7 Å². The summed E-state index contributed by atoms with van der Waals surface area (Å²) in [5.74, 6) is -0.517. The lowest BCUT2D eigenvalue weighted by Gasteiger charge is -2.12. The smallest absolute Gasteiger partial charge is 0.229 e. The van der Waals surface area contributed by atoms with Crippen molar-refractivity contribution in [1.29, 1.82) is 0 Å². The minimum Gasteiger partial charge on any atom is -0.508 e. The molecule has 2 N–H and O–H groups in total. The summed E-state index contributed by atoms with van der Waals surface area (Å²) < 4.78 is 0. The Kier molecular flexibility index (Phi) is 4.75.